The molecule has 0 unspecified atom stereocenters. The van der Waals surface area contributed by atoms with Crippen LogP contribution in [0.5, 0.6) is 0 Å². The van der Waals surface area contributed by atoms with Crippen LogP contribution in [-0.4, -0.2) is 34.7 Å². The van der Waals surface area contributed by atoms with E-state index < -0.39 is 17.9 Å². The normalized spacial score (nSPS) is 6.89. The Balaban J connectivity index is -0.000000238. The summed E-state index contributed by atoms with van der Waals surface area (Å²) >= 11 is 0. The van der Waals surface area contributed by atoms with Crippen LogP contribution in [0.1, 0.15) is 6.42 Å². The average Bonchev–Trinajstić information content (AvgIpc) is 2.39. The van der Waals surface area contributed by atoms with Crippen molar-refractivity contribution in [2.45, 2.75) is 6.42 Å². The van der Waals surface area contributed by atoms with Gasteiger partial charge in [-0.2, -0.15) is 5.26 Å². The molecular weight excluding hydrogens is 254 g/mol. The van der Waals surface area contributed by atoms with Gasteiger partial charge in [0.25, 0.3) is 0 Å². The Kier molecular flexibility index (Phi) is 19.7. The van der Waals surface area contributed by atoms with Crippen molar-refractivity contribution in [2.75, 3.05) is 6.61 Å². The van der Waals surface area contributed by atoms with Crippen molar-refractivity contribution in [3.05, 3.63) is 38.0 Å². The van der Waals surface area contributed by atoms with Gasteiger partial charge in [-0.15, -0.1) is 0 Å². The molecule has 0 aromatic heterocycles. The Hall–Kier alpha value is -2.88. The third-order valence-electron chi connectivity index (χ3n) is 0.993. The summed E-state index contributed by atoms with van der Waals surface area (Å²) < 4.78 is 4.36. The van der Waals surface area contributed by atoms with E-state index in [1.807, 2.05) is 0 Å². The van der Waals surface area contributed by atoms with Crippen LogP contribution < -0.4 is 0 Å². The van der Waals surface area contributed by atoms with Crippen molar-refractivity contribution in [3.63, 3.8) is 0 Å². The van der Waals surface area contributed by atoms with Crippen molar-refractivity contribution in [1.82, 2.24) is 0 Å². The van der Waals surface area contributed by atoms with Crippen molar-refractivity contribution in [3.8, 4) is 6.07 Å². The number of carboxylic acid groups (broad SMARTS) is 2. The Bertz CT molecular complexity index is 367. The van der Waals surface area contributed by atoms with Gasteiger partial charge >= 0.3 is 17.9 Å². The Morgan fingerprint density at radius 1 is 1.16 bits per heavy atom. The predicted octanol–water partition coefficient (Wildman–Crippen LogP) is 1.14. The number of hydrogen-bond acceptors (Lipinski definition) is 5. The second-order valence-corrected chi connectivity index (χ2v) is 2.39. The highest BCUT2D eigenvalue weighted by atomic mass is 16.5. The van der Waals surface area contributed by atoms with Crippen molar-refractivity contribution in [1.29, 1.82) is 5.26 Å². The standard InChI is InChI=1S/C6H8O4.C3H3N.C3H4O2/c1-2-6(9)10-4-3-5(7)8;1-2-3-4;1-2-3(4)5/h2H,1,3-4H2,(H,7,8);2H,1H2;2H,1H2,(H,4,5). The maximum Gasteiger partial charge on any atom is 0.330 e. The van der Waals surface area contributed by atoms with Crippen LogP contribution in [0.15, 0.2) is 38.0 Å². The molecule has 0 aliphatic carbocycles. The highest BCUT2D eigenvalue weighted by molar-refractivity contribution is 5.81. The largest absolute Gasteiger partial charge is 0.481 e. The van der Waals surface area contributed by atoms with Gasteiger partial charge in [-0.05, 0) is 0 Å². The van der Waals surface area contributed by atoms with Crippen LogP contribution in [-0.2, 0) is 19.1 Å². The number of nitrogens with zero attached hydrogens (tertiary/aromatic N) is 1. The molecule has 0 fully saturated rings. The Labute approximate surface area is 110 Å². The highest BCUT2D eigenvalue weighted by Gasteiger charge is 1.98. The molecule has 0 heterocycles. The lowest BCUT2D eigenvalue weighted by molar-refractivity contribution is -0.142. The maximum atomic E-state index is 10.3. The number of allylic oxidation sites excluding steroid dienone is 1. The molecule has 0 atom stereocenters. The molecule has 2 N–H and O–H groups in total. The number of aliphatic carboxylic acids is 2. The molecule has 19 heavy (non-hydrogen) atoms. The number of nitriles is 1. The quantitative estimate of drug-likeness (QED) is 0.435. The molecule has 7 nitrogen and oxygen atoms in total. The van der Waals surface area contributed by atoms with Gasteiger partial charge in [0, 0.05) is 18.2 Å². The molecule has 0 saturated carbocycles. The molecule has 0 bridgehead atoms. The molecular formula is C12H15NO6. The fourth-order valence-corrected chi connectivity index (χ4v) is 0.298. The van der Waals surface area contributed by atoms with Gasteiger partial charge in [0.2, 0.25) is 0 Å². The minimum atomic E-state index is -0.989. The highest BCUT2D eigenvalue weighted by Crippen LogP contribution is 1.83. The van der Waals surface area contributed by atoms with Gasteiger partial charge in [0.15, 0.2) is 0 Å². The van der Waals surface area contributed by atoms with E-state index in [9.17, 15) is 14.4 Å². The first-order valence-corrected chi connectivity index (χ1v) is 4.72. The van der Waals surface area contributed by atoms with Crippen LogP contribution in [0.25, 0.3) is 0 Å². The topological polar surface area (TPSA) is 125 Å². The zero-order valence-electron chi connectivity index (χ0n) is 10.2. The van der Waals surface area contributed by atoms with Gasteiger partial charge in [0.1, 0.15) is 6.61 Å². The smallest absolute Gasteiger partial charge is 0.330 e. The third-order valence-corrected chi connectivity index (χ3v) is 0.993. The van der Waals surface area contributed by atoms with Crippen molar-refractivity contribution >= 4 is 17.9 Å². The molecule has 104 valence electrons. The zero-order valence-corrected chi connectivity index (χ0v) is 10.2. The summed E-state index contributed by atoms with van der Waals surface area (Å²) in [6.07, 6.45) is 2.83. The Morgan fingerprint density at radius 3 is 1.79 bits per heavy atom. The van der Waals surface area contributed by atoms with E-state index in [-0.39, 0.29) is 13.0 Å². The van der Waals surface area contributed by atoms with Crippen molar-refractivity contribution < 1.29 is 29.3 Å². The SMILES string of the molecule is C=CC#N.C=CC(=O)O.C=CC(=O)OCCC(=O)O. The molecule has 0 saturated heterocycles. The minimum absolute atomic E-state index is 0.0970. The number of carbonyl (C=O) groups is 3. The first-order chi connectivity index (χ1) is 8.85. The molecule has 0 aromatic carbocycles. The number of carboxylic acids is 2. The lowest BCUT2D eigenvalue weighted by Gasteiger charge is -1.96. The number of esters is 1. The molecule has 0 radical (unpaired) electrons. The number of ether oxygens (including phenoxy) is 1. The zero-order chi connectivity index (χ0) is 15.7. The lowest BCUT2D eigenvalue weighted by atomic mass is 10.5. The van der Waals surface area contributed by atoms with E-state index in [1.165, 1.54) is 6.08 Å². The molecule has 0 aliphatic heterocycles. The first kappa shape index (κ1) is 21.4. The second kappa shape index (κ2) is 17.5. The summed E-state index contributed by atoms with van der Waals surface area (Å²) in [7, 11) is 0. The van der Waals surface area contributed by atoms with Crippen molar-refractivity contribution in [2.24, 2.45) is 0 Å². The predicted molar refractivity (Wildman–Crippen MR) is 67.1 cm³/mol. The van der Waals surface area contributed by atoms with Gasteiger partial charge in [-0.3, -0.25) is 4.79 Å². The number of hydrogen-bond donors (Lipinski definition) is 2. The number of rotatable bonds is 5. The van der Waals surface area contributed by atoms with E-state index in [1.54, 1.807) is 6.07 Å². The first-order valence-electron chi connectivity index (χ1n) is 4.72. The Morgan fingerprint density at radius 2 is 1.58 bits per heavy atom. The van der Waals surface area contributed by atoms with E-state index in [2.05, 4.69) is 24.5 Å². The summed E-state index contributed by atoms with van der Waals surface area (Å²) in [5.41, 5.74) is 0. The van der Waals surface area contributed by atoms with Crippen LogP contribution >= 0.6 is 0 Å². The van der Waals surface area contributed by atoms with E-state index in [0.29, 0.717) is 0 Å². The molecule has 0 rings (SSSR count). The van der Waals surface area contributed by atoms with Crippen LogP contribution in [0.4, 0.5) is 0 Å². The molecule has 7 heteroatoms. The molecule has 0 aliphatic rings. The van der Waals surface area contributed by atoms with Gasteiger partial charge in [-0.1, -0.05) is 19.7 Å². The van der Waals surface area contributed by atoms with Gasteiger partial charge in [-0.25, -0.2) is 9.59 Å². The minimum Gasteiger partial charge on any atom is -0.481 e. The van der Waals surface area contributed by atoms with Gasteiger partial charge in [0.05, 0.1) is 12.5 Å². The average molecular weight is 269 g/mol. The van der Waals surface area contributed by atoms with Crippen LogP contribution in [0, 0.1) is 11.3 Å². The molecule has 0 amide bonds. The summed E-state index contributed by atoms with van der Waals surface area (Å²) in [6, 6.07) is 1.69. The van der Waals surface area contributed by atoms with E-state index in [4.69, 9.17) is 15.5 Å². The summed E-state index contributed by atoms with van der Waals surface area (Å²) in [6.45, 7) is 9.12. The summed E-state index contributed by atoms with van der Waals surface area (Å²) in [5.74, 6) is -2.57. The fourth-order valence-electron chi connectivity index (χ4n) is 0.298. The lowest BCUT2D eigenvalue weighted by Crippen LogP contribution is -2.06. The van der Waals surface area contributed by atoms with E-state index in [0.717, 1.165) is 12.2 Å². The monoisotopic (exact) mass is 269 g/mol. The van der Waals surface area contributed by atoms with Gasteiger partial charge < -0.3 is 14.9 Å². The maximum absolute atomic E-state index is 10.3. The molecule has 0 spiro atoms. The number of carbonyl (C=O) groups excluding carboxylic acids is 1. The second-order valence-electron chi connectivity index (χ2n) is 2.39. The van der Waals surface area contributed by atoms with Crippen LogP contribution in [0.3, 0.4) is 0 Å². The van der Waals surface area contributed by atoms with E-state index >= 15 is 0 Å². The molecule has 0 aromatic rings. The summed E-state index contributed by atoms with van der Waals surface area (Å²) in [5, 5.41) is 23.2. The summed E-state index contributed by atoms with van der Waals surface area (Å²) in [4.78, 5) is 29.4. The third kappa shape index (κ3) is 39.5. The van der Waals surface area contributed by atoms with Crippen LogP contribution in [0.2, 0.25) is 0 Å². The fraction of sp³-hybridized carbons (Fsp3) is 0.167.